The van der Waals surface area contributed by atoms with Crippen molar-refractivity contribution in [2.24, 2.45) is 7.05 Å². The van der Waals surface area contributed by atoms with Gasteiger partial charge in [-0.05, 0) is 49.1 Å². The van der Waals surface area contributed by atoms with E-state index < -0.39 is 0 Å². The Labute approximate surface area is 187 Å². The number of nitrogens with one attached hydrogen (secondary N) is 1. The maximum Gasteiger partial charge on any atom is 0.234 e. The molecule has 0 aliphatic heterocycles. The van der Waals surface area contributed by atoms with Crippen LogP contribution in [0.15, 0.2) is 47.6 Å². The van der Waals surface area contributed by atoms with Gasteiger partial charge in [0.05, 0.1) is 25.7 Å². The molecule has 31 heavy (non-hydrogen) atoms. The molecule has 7 nitrogen and oxygen atoms in total. The Bertz CT molecular complexity index is 1040. The van der Waals surface area contributed by atoms with Gasteiger partial charge in [0.2, 0.25) is 5.91 Å². The molecule has 3 rings (SSSR count). The lowest BCUT2D eigenvalue weighted by molar-refractivity contribution is -0.113. The van der Waals surface area contributed by atoms with Crippen molar-refractivity contribution < 1.29 is 14.3 Å². The molecule has 164 valence electrons. The van der Waals surface area contributed by atoms with Crippen molar-refractivity contribution in [2.45, 2.75) is 31.3 Å². The van der Waals surface area contributed by atoms with E-state index in [1.807, 2.05) is 41.9 Å². The number of methoxy groups -OCH3 is 2. The largest absolute Gasteiger partial charge is 0.496 e. The van der Waals surface area contributed by atoms with E-state index in [9.17, 15) is 4.79 Å². The highest BCUT2D eigenvalue weighted by Gasteiger charge is 2.13. The molecule has 0 saturated carbocycles. The summed E-state index contributed by atoms with van der Waals surface area (Å²) in [5.74, 6) is 2.59. The summed E-state index contributed by atoms with van der Waals surface area (Å²) in [6, 6.07) is 13.6. The first-order valence-electron chi connectivity index (χ1n) is 10.1. The molecule has 1 aromatic heterocycles. The fourth-order valence-electron chi connectivity index (χ4n) is 3.30. The molecular formula is C23H28N4O3S. The maximum absolute atomic E-state index is 12.3. The smallest absolute Gasteiger partial charge is 0.234 e. The zero-order chi connectivity index (χ0) is 22.2. The second-order valence-electron chi connectivity index (χ2n) is 7.15. The average molecular weight is 441 g/mol. The number of para-hydroxylation sites is 2. The normalized spacial score (nSPS) is 10.7. The highest BCUT2D eigenvalue weighted by molar-refractivity contribution is 7.99. The molecule has 0 atom stereocenters. The molecule has 3 aromatic rings. The standard InChI is InChI=1S/C23H28N4O3S/c1-16-14-17(12-13-19(16)29-3)8-7-11-21-25-26-23(27(21)2)31-15-22(28)24-18-9-5-6-10-20(18)30-4/h5-6,9-10,12-14H,7-8,11,15H2,1-4H3,(H,24,28). The summed E-state index contributed by atoms with van der Waals surface area (Å²) >= 11 is 1.37. The molecule has 8 heteroatoms. The van der Waals surface area contributed by atoms with Crippen LogP contribution in [0.5, 0.6) is 11.5 Å². The van der Waals surface area contributed by atoms with E-state index in [1.54, 1.807) is 14.2 Å². The van der Waals surface area contributed by atoms with Crippen LogP contribution in [0.4, 0.5) is 5.69 Å². The number of anilines is 1. The number of carbonyl (C=O) groups excluding carboxylic acids is 1. The topological polar surface area (TPSA) is 78.3 Å². The minimum atomic E-state index is -0.117. The Morgan fingerprint density at radius 2 is 1.84 bits per heavy atom. The highest BCUT2D eigenvalue weighted by atomic mass is 32.2. The van der Waals surface area contributed by atoms with Gasteiger partial charge in [0.25, 0.3) is 0 Å². The third kappa shape index (κ3) is 6.01. The van der Waals surface area contributed by atoms with Gasteiger partial charge < -0.3 is 19.4 Å². The van der Waals surface area contributed by atoms with Crippen LogP contribution in [0.1, 0.15) is 23.4 Å². The van der Waals surface area contributed by atoms with E-state index in [0.29, 0.717) is 11.4 Å². The zero-order valence-corrected chi connectivity index (χ0v) is 19.2. The molecular weight excluding hydrogens is 412 g/mol. The van der Waals surface area contributed by atoms with Crippen LogP contribution in [0.25, 0.3) is 0 Å². The van der Waals surface area contributed by atoms with E-state index in [4.69, 9.17) is 9.47 Å². The van der Waals surface area contributed by atoms with Crippen molar-refractivity contribution in [3.63, 3.8) is 0 Å². The number of thioether (sulfide) groups is 1. The molecule has 0 saturated heterocycles. The number of benzene rings is 2. The average Bonchev–Trinajstić information content (AvgIpc) is 3.12. The van der Waals surface area contributed by atoms with Gasteiger partial charge in [-0.2, -0.15) is 0 Å². The minimum absolute atomic E-state index is 0.117. The highest BCUT2D eigenvalue weighted by Crippen LogP contribution is 2.24. The van der Waals surface area contributed by atoms with Gasteiger partial charge in [-0.1, -0.05) is 36.0 Å². The van der Waals surface area contributed by atoms with Crippen LogP contribution < -0.4 is 14.8 Å². The van der Waals surface area contributed by atoms with Gasteiger partial charge >= 0.3 is 0 Å². The van der Waals surface area contributed by atoms with Crippen molar-refractivity contribution in [1.82, 2.24) is 14.8 Å². The van der Waals surface area contributed by atoms with Gasteiger partial charge in [-0.25, -0.2) is 0 Å². The van der Waals surface area contributed by atoms with Crippen LogP contribution in [0.3, 0.4) is 0 Å². The van der Waals surface area contributed by atoms with Crippen molar-refractivity contribution >= 4 is 23.4 Å². The van der Waals surface area contributed by atoms with Gasteiger partial charge in [0.1, 0.15) is 17.3 Å². The third-order valence-electron chi connectivity index (χ3n) is 4.96. The molecule has 1 N–H and O–H groups in total. The van der Waals surface area contributed by atoms with Crippen molar-refractivity contribution in [3.05, 3.63) is 59.4 Å². The van der Waals surface area contributed by atoms with Gasteiger partial charge in [0.15, 0.2) is 5.16 Å². The van der Waals surface area contributed by atoms with E-state index in [1.165, 1.54) is 17.3 Å². The first kappa shape index (κ1) is 22.7. The SMILES string of the molecule is COc1ccc(CCCc2nnc(SCC(=O)Nc3ccccc3OC)n2C)cc1C. The third-order valence-corrected chi connectivity index (χ3v) is 5.98. The lowest BCUT2D eigenvalue weighted by Crippen LogP contribution is -2.15. The first-order chi connectivity index (χ1) is 15.0. The summed E-state index contributed by atoms with van der Waals surface area (Å²) in [7, 11) is 5.21. The fourth-order valence-corrected chi connectivity index (χ4v) is 4.03. The summed E-state index contributed by atoms with van der Waals surface area (Å²) < 4.78 is 12.5. The van der Waals surface area contributed by atoms with Crippen molar-refractivity contribution in [1.29, 1.82) is 0 Å². The molecule has 0 radical (unpaired) electrons. The molecule has 0 bridgehead atoms. The van der Waals surface area contributed by atoms with Crippen LogP contribution in [-0.2, 0) is 24.7 Å². The van der Waals surface area contributed by atoms with Gasteiger partial charge in [-0.15, -0.1) is 10.2 Å². The Hall–Kier alpha value is -3.00. The number of aryl methyl sites for hydroxylation is 3. The number of amides is 1. The number of carbonyl (C=O) groups is 1. The lowest BCUT2D eigenvalue weighted by Gasteiger charge is -2.09. The predicted molar refractivity (Wildman–Crippen MR) is 123 cm³/mol. The molecule has 0 aliphatic carbocycles. The number of nitrogens with zero attached hydrogens (tertiary/aromatic N) is 3. The van der Waals surface area contributed by atoms with E-state index in [0.717, 1.165) is 41.6 Å². The number of hydrogen-bond donors (Lipinski definition) is 1. The molecule has 2 aromatic carbocycles. The number of aromatic nitrogens is 3. The second kappa shape index (κ2) is 10.9. The molecule has 0 aliphatic rings. The van der Waals surface area contributed by atoms with Crippen LogP contribution >= 0.6 is 11.8 Å². The van der Waals surface area contributed by atoms with Crippen molar-refractivity contribution in [2.75, 3.05) is 25.3 Å². The monoisotopic (exact) mass is 440 g/mol. The zero-order valence-electron chi connectivity index (χ0n) is 18.3. The lowest BCUT2D eigenvalue weighted by atomic mass is 10.0. The van der Waals surface area contributed by atoms with E-state index >= 15 is 0 Å². The van der Waals surface area contributed by atoms with Crippen LogP contribution in [0.2, 0.25) is 0 Å². The van der Waals surface area contributed by atoms with E-state index in [2.05, 4.69) is 34.6 Å². The summed E-state index contributed by atoms with van der Waals surface area (Å²) in [5, 5.41) is 12.1. The quantitative estimate of drug-likeness (QED) is 0.479. The number of ether oxygens (including phenoxy) is 2. The Balaban J connectivity index is 1.49. The van der Waals surface area contributed by atoms with Gasteiger partial charge in [-0.3, -0.25) is 4.79 Å². The molecule has 0 unspecified atom stereocenters. The molecule has 1 heterocycles. The summed E-state index contributed by atoms with van der Waals surface area (Å²) in [6.45, 7) is 2.05. The summed E-state index contributed by atoms with van der Waals surface area (Å²) in [6.07, 6.45) is 2.75. The fraction of sp³-hybridized carbons (Fsp3) is 0.348. The Morgan fingerprint density at radius 1 is 1.06 bits per heavy atom. The number of rotatable bonds is 10. The Kier molecular flexibility index (Phi) is 7.94. The van der Waals surface area contributed by atoms with Crippen LogP contribution in [-0.4, -0.2) is 40.6 Å². The van der Waals surface area contributed by atoms with E-state index in [-0.39, 0.29) is 11.7 Å². The van der Waals surface area contributed by atoms with Gasteiger partial charge in [0, 0.05) is 13.5 Å². The second-order valence-corrected chi connectivity index (χ2v) is 8.09. The molecule has 0 spiro atoms. The first-order valence-corrected chi connectivity index (χ1v) is 11.1. The molecule has 0 fully saturated rings. The Morgan fingerprint density at radius 3 is 2.58 bits per heavy atom. The maximum atomic E-state index is 12.3. The summed E-state index contributed by atoms with van der Waals surface area (Å²) in [5.41, 5.74) is 3.08. The minimum Gasteiger partial charge on any atom is -0.496 e. The van der Waals surface area contributed by atoms with Crippen LogP contribution in [0, 0.1) is 6.92 Å². The summed E-state index contributed by atoms with van der Waals surface area (Å²) in [4.78, 5) is 12.3. The molecule has 1 amide bonds. The van der Waals surface area contributed by atoms with Crippen molar-refractivity contribution in [3.8, 4) is 11.5 Å². The predicted octanol–water partition coefficient (Wildman–Crippen LogP) is 4.05. The number of hydrogen-bond acceptors (Lipinski definition) is 6.